The number of benzene rings is 2. The van der Waals surface area contributed by atoms with Crippen molar-refractivity contribution in [3.63, 3.8) is 0 Å². The van der Waals surface area contributed by atoms with Crippen LogP contribution in [0.1, 0.15) is 15.9 Å². The number of nitrogens with zero attached hydrogens (tertiary/aromatic N) is 3. The highest BCUT2D eigenvalue weighted by atomic mass is 16.6. The lowest BCUT2D eigenvalue weighted by atomic mass is 10.2. The minimum absolute atomic E-state index is 0.0146. The summed E-state index contributed by atoms with van der Waals surface area (Å²) in [6.07, 6.45) is 1.17. The molecule has 0 unspecified atom stereocenters. The minimum atomic E-state index is -0.613. The fourth-order valence-corrected chi connectivity index (χ4v) is 2.35. The van der Waals surface area contributed by atoms with Crippen LogP contribution in [0.2, 0.25) is 0 Å². The van der Waals surface area contributed by atoms with Gasteiger partial charge in [-0.2, -0.15) is 0 Å². The predicted molar refractivity (Wildman–Crippen MR) is 101 cm³/mol. The van der Waals surface area contributed by atoms with Crippen molar-refractivity contribution in [1.29, 1.82) is 0 Å². The van der Waals surface area contributed by atoms with Gasteiger partial charge in [0, 0.05) is 11.3 Å². The molecule has 9 nitrogen and oxygen atoms in total. The summed E-state index contributed by atoms with van der Waals surface area (Å²) >= 11 is 0. The van der Waals surface area contributed by atoms with Crippen molar-refractivity contribution >= 4 is 28.9 Å². The number of aryl methyl sites for hydroxylation is 1. The number of nitro groups is 1. The number of hydrogen-bond donors (Lipinski definition) is 3. The second kappa shape index (κ2) is 7.91. The molecule has 136 valence electrons. The molecule has 3 N–H and O–H groups in total. The van der Waals surface area contributed by atoms with Gasteiger partial charge in [0.2, 0.25) is 11.6 Å². The van der Waals surface area contributed by atoms with Gasteiger partial charge in [0.15, 0.2) is 0 Å². The molecule has 27 heavy (non-hydrogen) atoms. The molecule has 3 aromatic rings. The molecule has 0 aliphatic rings. The van der Waals surface area contributed by atoms with Crippen molar-refractivity contribution in [3.8, 4) is 0 Å². The quantitative estimate of drug-likeness (QED) is 0.453. The lowest BCUT2D eigenvalue weighted by molar-refractivity contribution is -0.383. The molecule has 9 heteroatoms. The maximum Gasteiger partial charge on any atom is 0.355 e. The molecule has 0 aliphatic carbocycles. The van der Waals surface area contributed by atoms with Crippen molar-refractivity contribution in [2.75, 3.05) is 10.7 Å². The number of para-hydroxylation sites is 1. The van der Waals surface area contributed by atoms with E-state index >= 15 is 0 Å². The average molecular weight is 364 g/mol. The number of rotatable bonds is 6. The Kier molecular flexibility index (Phi) is 5.22. The van der Waals surface area contributed by atoms with Crippen LogP contribution in [0.5, 0.6) is 0 Å². The molecule has 0 radical (unpaired) electrons. The van der Waals surface area contributed by atoms with Crippen molar-refractivity contribution in [1.82, 2.24) is 15.4 Å². The van der Waals surface area contributed by atoms with E-state index in [1.165, 1.54) is 6.33 Å². The number of carbonyl (C=O) groups excluding carboxylic acids is 1. The highest BCUT2D eigenvalue weighted by Gasteiger charge is 2.24. The van der Waals surface area contributed by atoms with Gasteiger partial charge >= 0.3 is 5.69 Å². The summed E-state index contributed by atoms with van der Waals surface area (Å²) in [6, 6.07) is 15.8. The normalized spacial score (nSPS) is 10.1. The van der Waals surface area contributed by atoms with Gasteiger partial charge < -0.3 is 5.32 Å². The first-order valence-corrected chi connectivity index (χ1v) is 7.99. The summed E-state index contributed by atoms with van der Waals surface area (Å²) < 4.78 is 0. The largest absolute Gasteiger partial charge is 0.355 e. The standard InChI is InChI=1S/C18H16N6O3/c1-12-7-5-6-10-14(12)21-16-15(24(26)27)17(20-11-19-16)22-23-18(25)13-8-3-2-4-9-13/h2-11H,1H3,(H,23,25)(H2,19,20,21,22). The van der Waals surface area contributed by atoms with Crippen LogP contribution in [-0.4, -0.2) is 20.8 Å². The fourth-order valence-electron chi connectivity index (χ4n) is 2.35. The zero-order valence-electron chi connectivity index (χ0n) is 14.3. The highest BCUT2D eigenvalue weighted by molar-refractivity contribution is 5.95. The van der Waals surface area contributed by atoms with E-state index in [0.29, 0.717) is 11.3 Å². The molecule has 0 atom stereocenters. The lowest BCUT2D eigenvalue weighted by Gasteiger charge is -2.12. The molecule has 0 bridgehead atoms. The van der Waals surface area contributed by atoms with Gasteiger partial charge in [-0.3, -0.25) is 25.8 Å². The van der Waals surface area contributed by atoms with E-state index in [1.54, 1.807) is 36.4 Å². The summed E-state index contributed by atoms with van der Waals surface area (Å²) in [5.41, 5.74) is 6.50. The Labute approximate surface area is 154 Å². The molecule has 3 rings (SSSR count). The van der Waals surface area contributed by atoms with Gasteiger partial charge in [-0.25, -0.2) is 9.97 Å². The summed E-state index contributed by atoms with van der Waals surface area (Å²) in [4.78, 5) is 30.9. The molecule has 2 aromatic carbocycles. The van der Waals surface area contributed by atoms with Crippen LogP contribution in [0.3, 0.4) is 0 Å². The number of hydrogen-bond acceptors (Lipinski definition) is 7. The molecule has 0 fully saturated rings. The van der Waals surface area contributed by atoms with Gasteiger partial charge in [0.1, 0.15) is 6.33 Å². The molecular weight excluding hydrogens is 348 g/mol. The Balaban J connectivity index is 1.84. The fraction of sp³-hybridized carbons (Fsp3) is 0.0556. The molecule has 0 saturated heterocycles. The van der Waals surface area contributed by atoms with Crippen molar-refractivity contribution < 1.29 is 9.72 Å². The third-order valence-electron chi connectivity index (χ3n) is 3.73. The topological polar surface area (TPSA) is 122 Å². The van der Waals surface area contributed by atoms with Crippen LogP contribution in [0.15, 0.2) is 60.9 Å². The van der Waals surface area contributed by atoms with Gasteiger partial charge in [-0.15, -0.1) is 0 Å². The predicted octanol–water partition coefficient (Wildman–Crippen LogP) is 3.19. The second-order valence-corrected chi connectivity index (χ2v) is 5.56. The maximum atomic E-state index is 12.1. The van der Waals surface area contributed by atoms with E-state index in [1.807, 2.05) is 25.1 Å². The third kappa shape index (κ3) is 4.15. The summed E-state index contributed by atoms with van der Waals surface area (Å²) in [5.74, 6) is -0.562. The van der Waals surface area contributed by atoms with Gasteiger partial charge in [0.05, 0.1) is 4.92 Å². The summed E-state index contributed by atoms with van der Waals surface area (Å²) in [5, 5.41) is 14.5. The number of anilines is 3. The number of hydrazine groups is 1. The Morgan fingerprint density at radius 1 is 1.00 bits per heavy atom. The van der Waals surface area contributed by atoms with Crippen molar-refractivity contribution in [2.45, 2.75) is 6.92 Å². The third-order valence-corrected chi connectivity index (χ3v) is 3.73. The van der Waals surface area contributed by atoms with Crippen molar-refractivity contribution in [3.05, 3.63) is 82.2 Å². The van der Waals surface area contributed by atoms with Gasteiger partial charge in [-0.1, -0.05) is 36.4 Å². The minimum Gasteiger partial charge on any atom is -0.334 e. The summed E-state index contributed by atoms with van der Waals surface area (Å²) in [6.45, 7) is 1.87. The number of carbonyl (C=O) groups is 1. The molecule has 0 saturated carbocycles. The van der Waals surface area contributed by atoms with Gasteiger partial charge in [0.25, 0.3) is 5.91 Å². The number of nitrogens with one attached hydrogen (secondary N) is 3. The number of amides is 1. The van der Waals surface area contributed by atoms with Gasteiger partial charge in [-0.05, 0) is 30.7 Å². The Bertz CT molecular complexity index is 978. The smallest absolute Gasteiger partial charge is 0.334 e. The van der Waals surface area contributed by atoms with Crippen LogP contribution in [0.25, 0.3) is 0 Å². The van der Waals surface area contributed by atoms with E-state index in [9.17, 15) is 14.9 Å². The average Bonchev–Trinajstić information content (AvgIpc) is 2.68. The molecule has 1 aromatic heterocycles. The lowest BCUT2D eigenvalue weighted by Crippen LogP contribution is -2.30. The van der Waals surface area contributed by atoms with E-state index in [0.717, 1.165) is 5.56 Å². The summed E-state index contributed by atoms with van der Waals surface area (Å²) in [7, 11) is 0. The molecule has 1 amide bonds. The highest BCUT2D eigenvalue weighted by Crippen LogP contribution is 2.31. The molecule has 1 heterocycles. The van der Waals surface area contributed by atoms with Crippen LogP contribution in [0.4, 0.5) is 23.0 Å². The first-order chi connectivity index (χ1) is 13.1. The SMILES string of the molecule is Cc1ccccc1Nc1ncnc(NNC(=O)c2ccccc2)c1[N+](=O)[O-]. The molecule has 0 aliphatic heterocycles. The monoisotopic (exact) mass is 364 g/mol. The molecular formula is C18H16N6O3. The van der Waals surface area contributed by atoms with E-state index in [4.69, 9.17) is 0 Å². The first kappa shape index (κ1) is 17.8. The Morgan fingerprint density at radius 2 is 1.67 bits per heavy atom. The van der Waals surface area contributed by atoms with Crippen molar-refractivity contribution in [2.24, 2.45) is 0 Å². The molecule has 0 spiro atoms. The van der Waals surface area contributed by atoms with Crippen LogP contribution in [0, 0.1) is 17.0 Å². The zero-order valence-corrected chi connectivity index (χ0v) is 14.3. The second-order valence-electron chi connectivity index (χ2n) is 5.56. The van der Waals surface area contributed by atoms with Crippen LogP contribution >= 0.6 is 0 Å². The van der Waals surface area contributed by atoms with Crippen LogP contribution < -0.4 is 16.2 Å². The van der Waals surface area contributed by atoms with E-state index < -0.39 is 10.8 Å². The maximum absolute atomic E-state index is 12.1. The van der Waals surface area contributed by atoms with Crippen LogP contribution in [-0.2, 0) is 0 Å². The Morgan fingerprint density at radius 3 is 2.37 bits per heavy atom. The first-order valence-electron chi connectivity index (χ1n) is 7.99. The number of aromatic nitrogens is 2. The Hall–Kier alpha value is -4.01. The zero-order chi connectivity index (χ0) is 19.2. The van der Waals surface area contributed by atoms with E-state index in [2.05, 4.69) is 26.1 Å². The van der Waals surface area contributed by atoms with E-state index in [-0.39, 0.29) is 17.3 Å².